The zero-order valence-electron chi connectivity index (χ0n) is 11.6. The van der Waals surface area contributed by atoms with Gasteiger partial charge in [-0.25, -0.2) is 9.97 Å². The van der Waals surface area contributed by atoms with E-state index in [-0.39, 0.29) is 0 Å². The van der Waals surface area contributed by atoms with E-state index in [0.717, 1.165) is 46.7 Å². The number of rotatable bonds is 6. The number of nitrogens with one attached hydrogen (secondary N) is 1. The van der Waals surface area contributed by atoms with Crippen molar-refractivity contribution in [3.8, 4) is 0 Å². The summed E-state index contributed by atoms with van der Waals surface area (Å²) in [5, 5.41) is 4.27. The first-order valence-electron chi connectivity index (χ1n) is 6.56. The topological polar surface area (TPSA) is 51.0 Å². The number of anilines is 1. The van der Waals surface area contributed by atoms with Crippen LogP contribution in [0.15, 0.2) is 32.7 Å². The van der Waals surface area contributed by atoms with Gasteiger partial charge in [-0.2, -0.15) is 0 Å². The first-order chi connectivity index (χ1) is 9.22. The molecule has 19 heavy (non-hydrogen) atoms. The summed E-state index contributed by atoms with van der Waals surface area (Å²) in [5.41, 5.74) is 0. The van der Waals surface area contributed by atoms with Crippen LogP contribution in [0, 0.1) is 6.92 Å². The van der Waals surface area contributed by atoms with Crippen LogP contribution >= 0.6 is 11.8 Å². The molecule has 2 aromatic rings. The number of furan rings is 1. The van der Waals surface area contributed by atoms with Gasteiger partial charge in [0.1, 0.15) is 22.4 Å². The standard InChI is InChI=1S/C14H19N3OS/c1-4-7-15-13-9-14(17-12(5-2)16-13)19-11-6-8-18-10(11)3/h6,8-9H,4-5,7H2,1-3H3,(H,15,16,17). The predicted octanol–water partition coefficient (Wildman–Crippen LogP) is 3.91. The maximum atomic E-state index is 5.31. The fraction of sp³-hybridized carbons (Fsp3) is 0.429. The molecule has 2 aromatic heterocycles. The third-order valence-corrected chi connectivity index (χ3v) is 3.71. The minimum Gasteiger partial charge on any atom is -0.468 e. The van der Waals surface area contributed by atoms with Crippen molar-refractivity contribution in [3.05, 3.63) is 30.0 Å². The summed E-state index contributed by atoms with van der Waals surface area (Å²) in [4.78, 5) is 10.1. The van der Waals surface area contributed by atoms with Gasteiger partial charge in [-0.1, -0.05) is 25.6 Å². The summed E-state index contributed by atoms with van der Waals surface area (Å²) < 4.78 is 5.31. The zero-order valence-corrected chi connectivity index (χ0v) is 12.4. The van der Waals surface area contributed by atoms with Crippen LogP contribution in [-0.2, 0) is 6.42 Å². The number of hydrogen-bond donors (Lipinski definition) is 1. The highest BCUT2D eigenvalue weighted by Gasteiger charge is 2.08. The minimum atomic E-state index is 0.833. The van der Waals surface area contributed by atoms with Crippen molar-refractivity contribution in [1.82, 2.24) is 9.97 Å². The fourth-order valence-corrected chi connectivity index (χ4v) is 2.48. The van der Waals surface area contributed by atoms with Gasteiger partial charge in [0.15, 0.2) is 0 Å². The molecule has 0 saturated carbocycles. The Balaban J connectivity index is 2.21. The monoisotopic (exact) mass is 277 g/mol. The van der Waals surface area contributed by atoms with Crippen LogP contribution in [0.4, 0.5) is 5.82 Å². The highest BCUT2D eigenvalue weighted by Crippen LogP contribution is 2.30. The summed E-state index contributed by atoms with van der Waals surface area (Å²) >= 11 is 1.61. The van der Waals surface area contributed by atoms with Crippen LogP contribution in [0.1, 0.15) is 31.9 Å². The van der Waals surface area contributed by atoms with Crippen LogP contribution in [0.2, 0.25) is 0 Å². The van der Waals surface area contributed by atoms with Crippen LogP contribution in [-0.4, -0.2) is 16.5 Å². The Labute approximate surface area is 118 Å². The van der Waals surface area contributed by atoms with Gasteiger partial charge >= 0.3 is 0 Å². The molecule has 0 unspecified atom stereocenters. The molecule has 0 bridgehead atoms. The molecular formula is C14H19N3OS. The maximum Gasteiger partial charge on any atom is 0.131 e. The average molecular weight is 277 g/mol. The van der Waals surface area contributed by atoms with Crippen molar-refractivity contribution >= 4 is 17.6 Å². The number of nitrogens with zero attached hydrogens (tertiary/aromatic N) is 2. The van der Waals surface area contributed by atoms with E-state index in [2.05, 4.69) is 29.1 Å². The van der Waals surface area contributed by atoms with Crippen molar-refractivity contribution in [2.45, 2.75) is 43.5 Å². The van der Waals surface area contributed by atoms with Crippen molar-refractivity contribution in [2.24, 2.45) is 0 Å². The van der Waals surface area contributed by atoms with Crippen molar-refractivity contribution in [1.29, 1.82) is 0 Å². The third kappa shape index (κ3) is 3.73. The Bertz CT molecular complexity index is 539. The first kappa shape index (κ1) is 13.9. The average Bonchev–Trinajstić information content (AvgIpc) is 2.81. The molecule has 0 atom stereocenters. The largest absolute Gasteiger partial charge is 0.468 e. The van der Waals surface area contributed by atoms with E-state index < -0.39 is 0 Å². The van der Waals surface area contributed by atoms with Crippen LogP contribution in [0.5, 0.6) is 0 Å². The van der Waals surface area contributed by atoms with Crippen molar-refractivity contribution < 1.29 is 4.42 Å². The normalized spacial score (nSPS) is 10.7. The number of aromatic nitrogens is 2. The molecular weight excluding hydrogens is 258 g/mol. The molecule has 0 aliphatic carbocycles. The van der Waals surface area contributed by atoms with Gasteiger partial charge in [0.2, 0.25) is 0 Å². The molecule has 4 nitrogen and oxygen atoms in total. The third-order valence-electron chi connectivity index (χ3n) is 2.65. The van der Waals surface area contributed by atoms with E-state index in [4.69, 9.17) is 4.42 Å². The SMILES string of the molecule is CCCNc1cc(Sc2ccoc2C)nc(CC)n1. The molecule has 0 aromatic carbocycles. The molecule has 0 aliphatic heterocycles. The predicted molar refractivity (Wildman–Crippen MR) is 77.8 cm³/mol. The van der Waals surface area contributed by atoms with Gasteiger partial charge < -0.3 is 9.73 Å². The zero-order chi connectivity index (χ0) is 13.7. The van der Waals surface area contributed by atoms with E-state index in [1.54, 1.807) is 18.0 Å². The van der Waals surface area contributed by atoms with Gasteiger partial charge in [-0.3, -0.25) is 0 Å². The van der Waals surface area contributed by atoms with Gasteiger partial charge in [0.25, 0.3) is 0 Å². The van der Waals surface area contributed by atoms with E-state index in [1.165, 1.54) is 0 Å². The summed E-state index contributed by atoms with van der Waals surface area (Å²) in [7, 11) is 0. The Morgan fingerprint density at radius 2 is 2.16 bits per heavy atom. The van der Waals surface area contributed by atoms with E-state index in [9.17, 15) is 0 Å². The first-order valence-corrected chi connectivity index (χ1v) is 7.38. The number of hydrogen-bond acceptors (Lipinski definition) is 5. The highest BCUT2D eigenvalue weighted by molar-refractivity contribution is 7.99. The Hall–Kier alpha value is -1.49. The minimum absolute atomic E-state index is 0.833. The number of aryl methyl sites for hydroxylation is 2. The van der Waals surface area contributed by atoms with Crippen LogP contribution in [0.3, 0.4) is 0 Å². The molecule has 0 saturated heterocycles. The quantitative estimate of drug-likeness (QED) is 0.811. The van der Waals surface area contributed by atoms with Crippen LogP contribution < -0.4 is 5.32 Å². The lowest BCUT2D eigenvalue weighted by Crippen LogP contribution is -2.05. The molecule has 5 heteroatoms. The van der Waals surface area contributed by atoms with E-state index in [1.807, 2.05) is 19.1 Å². The molecule has 102 valence electrons. The molecule has 2 rings (SSSR count). The lowest BCUT2D eigenvalue weighted by atomic mass is 10.4. The molecule has 0 spiro atoms. The summed E-state index contributed by atoms with van der Waals surface area (Å²) in [5.74, 6) is 2.69. The molecule has 2 heterocycles. The van der Waals surface area contributed by atoms with E-state index >= 15 is 0 Å². The van der Waals surface area contributed by atoms with Gasteiger partial charge in [-0.05, 0) is 19.4 Å². The fourth-order valence-electron chi connectivity index (χ4n) is 1.62. The molecule has 0 fully saturated rings. The molecule has 0 aliphatic rings. The van der Waals surface area contributed by atoms with Crippen LogP contribution in [0.25, 0.3) is 0 Å². The van der Waals surface area contributed by atoms with E-state index in [0.29, 0.717) is 0 Å². The lowest BCUT2D eigenvalue weighted by molar-refractivity contribution is 0.527. The second-order valence-corrected chi connectivity index (χ2v) is 5.29. The second-order valence-electron chi connectivity index (χ2n) is 4.23. The summed E-state index contributed by atoms with van der Waals surface area (Å²) in [6.45, 7) is 7.09. The molecule has 0 amide bonds. The molecule has 1 N–H and O–H groups in total. The van der Waals surface area contributed by atoms with Crippen molar-refractivity contribution in [2.75, 3.05) is 11.9 Å². The second kappa shape index (κ2) is 6.61. The molecule has 0 radical (unpaired) electrons. The van der Waals surface area contributed by atoms with Gasteiger partial charge in [0, 0.05) is 19.0 Å². The summed E-state index contributed by atoms with van der Waals surface area (Å²) in [6, 6.07) is 3.96. The summed E-state index contributed by atoms with van der Waals surface area (Å²) in [6.07, 6.45) is 3.62. The lowest BCUT2D eigenvalue weighted by Gasteiger charge is -2.08. The maximum absolute atomic E-state index is 5.31. The Morgan fingerprint density at radius 1 is 1.32 bits per heavy atom. The van der Waals surface area contributed by atoms with Gasteiger partial charge in [0.05, 0.1) is 11.2 Å². The van der Waals surface area contributed by atoms with Crippen molar-refractivity contribution in [3.63, 3.8) is 0 Å². The Kier molecular flexibility index (Phi) is 4.85. The highest BCUT2D eigenvalue weighted by atomic mass is 32.2. The Morgan fingerprint density at radius 3 is 2.79 bits per heavy atom. The van der Waals surface area contributed by atoms with Gasteiger partial charge in [-0.15, -0.1) is 0 Å². The smallest absolute Gasteiger partial charge is 0.131 e.